The molecule has 1 atom stereocenters. The van der Waals surface area contributed by atoms with Gasteiger partial charge in [0.25, 0.3) is 0 Å². The Kier molecular flexibility index (Phi) is 4.19. The third-order valence-corrected chi connectivity index (χ3v) is 3.97. The van der Waals surface area contributed by atoms with E-state index in [-0.39, 0.29) is 6.04 Å². The zero-order valence-corrected chi connectivity index (χ0v) is 12.3. The molecule has 0 aliphatic rings. The summed E-state index contributed by atoms with van der Waals surface area (Å²) in [4.78, 5) is 0. The van der Waals surface area contributed by atoms with Crippen LogP contribution in [0.25, 0.3) is 0 Å². The fourth-order valence-electron chi connectivity index (χ4n) is 1.96. The van der Waals surface area contributed by atoms with E-state index < -0.39 is 0 Å². The van der Waals surface area contributed by atoms with Crippen molar-refractivity contribution in [2.24, 2.45) is 5.73 Å². The molecule has 96 valence electrons. The molecule has 3 nitrogen and oxygen atoms in total. The molecular formula is C14H18BrN3. The van der Waals surface area contributed by atoms with Gasteiger partial charge < -0.3 is 5.73 Å². The highest BCUT2D eigenvalue weighted by Crippen LogP contribution is 2.22. The van der Waals surface area contributed by atoms with E-state index in [1.165, 1.54) is 16.7 Å². The number of hydrogen-bond donors (Lipinski definition) is 1. The molecule has 1 heterocycles. The minimum Gasteiger partial charge on any atom is -0.324 e. The van der Waals surface area contributed by atoms with E-state index in [2.05, 4.69) is 59.3 Å². The van der Waals surface area contributed by atoms with Crippen LogP contribution in [-0.2, 0) is 13.0 Å². The second kappa shape index (κ2) is 5.67. The molecule has 0 saturated carbocycles. The van der Waals surface area contributed by atoms with Gasteiger partial charge in [0.1, 0.15) is 0 Å². The van der Waals surface area contributed by atoms with E-state index in [0.717, 1.165) is 17.4 Å². The minimum atomic E-state index is 0.0197. The molecule has 1 aromatic heterocycles. The second-order valence-corrected chi connectivity index (χ2v) is 5.38. The summed E-state index contributed by atoms with van der Waals surface area (Å²) in [5.74, 6) is 0. The third kappa shape index (κ3) is 3.00. The molecule has 0 aliphatic carbocycles. The van der Waals surface area contributed by atoms with Crippen molar-refractivity contribution in [3.8, 4) is 0 Å². The van der Waals surface area contributed by atoms with Gasteiger partial charge in [-0.05, 0) is 43.0 Å². The quantitative estimate of drug-likeness (QED) is 0.942. The number of aromatic nitrogens is 2. The van der Waals surface area contributed by atoms with Crippen LogP contribution in [0.15, 0.2) is 35.1 Å². The molecule has 0 radical (unpaired) electrons. The van der Waals surface area contributed by atoms with Gasteiger partial charge in [-0.15, -0.1) is 0 Å². The Morgan fingerprint density at radius 1 is 1.44 bits per heavy atom. The SMILES string of the molecule is CCn1cc(CC(N)c2ccc(Br)c(C)c2)cn1. The first kappa shape index (κ1) is 13.3. The zero-order valence-electron chi connectivity index (χ0n) is 10.7. The van der Waals surface area contributed by atoms with E-state index in [1.807, 2.05) is 10.9 Å². The van der Waals surface area contributed by atoms with E-state index in [4.69, 9.17) is 5.73 Å². The molecular weight excluding hydrogens is 290 g/mol. The molecule has 2 aromatic rings. The largest absolute Gasteiger partial charge is 0.324 e. The number of rotatable bonds is 4. The number of halogens is 1. The zero-order chi connectivity index (χ0) is 13.1. The minimum absolute atomic E-state index is 0.0197. The number of aryl methyl sites for hydroxylation is 2. The van der Waals surface area contributed by atoms with Crippen molar-refractivity contribution in [1.29, 1.82) is 0 Å². The van der Waals surface area contributed by atoms with Gasteiger partial charge in [0, 0.05) is 23.3 Å². The van der Waals surface area contributed by atoms with Crippen molar-refractivity contribution in [3.05, 3.63) is 51.8 Å². The normalized spacial score (nSPS) is 12.7. The predicted molar refractivity (Wildman–Crippen MR) is 77.4 cm³/mol. The molecule has 4 heteroatoms. The lowest BCUT2D eigenvalue weighted by atomic mass is 10.0. The topological polar surface area (TPSA) is 43.8 Å². The van der Waals surface area contributed by atoms with E-state index in [0.29, 0.717) is 0 Å². The van der Waals surface area contributed by atoms with Gasteiger partial charge in [0.05, 0.1) is 6.20 Å². The van der Waals surface area contributed by atoms with Crippen molar-refractivity contribution in [2.45, 2.75) is 32.9 Å². The van der Waals surface area contributed by atoms with Gasteiger partial charge in [-0.1, -0.05) is 28.1 Å². The summed E-state index contributed by atoms with van der Waals surface area (Å²) in [6, 6.07) is 6.29. The summed E-state index contributed by atoms with van der Waals surface area (Å²) in [6.07, 6.45) is 4.78. The lowest BCUT2D eigenvalue weighted by Crippen LogP contribution is -2.13. The van der Waals surface area contributed by atoms with Crippen LogP contribution in [0.4, 0.5) is 0 Å². The maximum Gasteiger partial charge on any atom is 0.0522 e. The average Bonchev–Trinajstić information content (AvgIpc) is 2.80. The predicted octanol–water partition coefficient (Wildman–Crippen LogP) is 3.22. The lowest BCUT2D eigenvalue weighted by molar-refractivity contribution is 0.657. The number of nitrogens with two attached hydrogens (primary N) is 1. The van der Waals surface area contributed by atoms with Crippen LogP contribution < -0.4 is 5.73 Å². The Bertz CT molecular complexity index is 534. The molecule has 0 bridgehead atoms. The molecule has 0 fully saturated rings. The van der Waals surface area contributed by atoms with Crippen LogP contribution >= 0.6 is 15.9 Å². The molecule has 2 N–H and O–H groups in total. The molecule has 0 spiro atoms. The Hall–Kier alpha value is -1.13. The highest BCUT2D eigenvalue weighted by atomic mass is 79.9. The van der Waals surface area contributed by atoms with Crippen LogP contribution in [0.5, 0.6) is 0 Å². The fraction of sp³-hybridized carbons (Fsp3) is 0.357. The first-order valence-corrected chi connectivity index (χ1v) is 6.92. The average molecular weight is 308 g/mol. The Morgan fingerprint density at radius 3 is 2.83 bits per heavy atom. The summed E-state index contributed by atoms with van der Waals surface area (Å²) in [6.45, 7) is 5.05. The molecule has 2 rings (SSSR count). The van der Waals surface area contributed by atoms with E-state index >= 15 is 0 Å². The molecule has 1 aromatic carbocycles. The summed E-state index contributed by atoms with van der Waals surface area (Å²) >= 11 is 3.50. The Labute approximate surface area is 116 Å². The van der Waals surface area contributed by atoms with Crippen molar-refractivity contribution >= 4 is 15.9 Å². The van der Waals surface area contributed by atoms with Crippen LogP contribution in [0.2, 0.25) is 0 Å². The van der Waals surface area contributed by atoms with Crippen LogP contribution in [0, 0.1) is 6.92 Å². The van der Waals surface area contributed by atoms with Crippen LogP contribution in [0.1, 0.15) is 29.7 Å². The lowest BCUT2D eigenvalue weighted by Gasteiger charge is -2.12. The number of nitrogens with zero attached hydrogens (tertiary/aromatic N) is 2. The Morgan fingerprint density at radius 2 is 2.22 bits per heavy atom. The molecule has 0 saturated heterocycles. The van der Waals surface area contributed by atoms with Crippen LogP contribution in [0.3, 0.4) is 0 Å². The van der Waals surface area contributed by atoms with Crippen molar-refractivity contribution in [3.63, 3.8) is 0 Å². The first-order chi connectivity index (χ1) is 8.60. The molecule has 0 aliphatic heterocycles. The van der Waals surface area contributed by atoms with E-state index in [1.54, 1.807) is 0 Å². The maximum absolute atomic E-state index is 6.24. The summed E-state index contributed by atoms with van der Waals surface area (Å²) < 4.78 is 3.05. The van der Waals surface area contributed by atoms with Crippen molar-refractivity contribution < 1.29 is 0 Å². The molecule has 1 unspecified atom stereocenters. The van der Waals surface area contributed by atoms with Gasteiger partial charge in [-0.3, -0.25) is 4.68 Å². The summed E-state index contributed by atoms with van der Waals surface area (Å²) in [5.41, 5.74) is 9.81. The van der Waals surface area contributed by atoms with E-state index in [9.17, 15) is 0 Å². The Balaban J connectivity index is 2.11. The van der Waals surface area contributed by atoms with Gasteiger partial charge in [-0.2, -0.15) is 5.10 Å². The van der Waals surface area contributed by atoms with Crippen molar-refractivity contribution in [1.82, 2.24) is 9.78 Å². The number of hydrogen-bond acceptors (Lipinski definition) is 2. The van der Waals surface area contributed by atoms with Gasteiger partial charge in [0.15, 0.2) is 0 Å². The van der Waals surface area contributed by atoms with Gasteiger partial charge >= 0.3 is 0 Å². The molecule has 0 amide bonds. The maximum atomic E-state index is 6.24. The summed E-state index contributed by atoms with van der Waals surface area (Å²) in [7, 11) is 0. The third-order valence-electron chi connectivity index (χ3n) is 3.08. The highest BCUT2D eigenvalue weighted by Gasteiger charge is 2.09. The van der Waals surface area contributed by atoms with Crippen molar-refractivity contribution in [2.75, 3.05) is 0 Å². The van der Waals surface area contributed by atoms with Gasteiger partial charge in [0.2, 0.25) is 0 Å². The highest BCUT2D eigenvalue weighted by molar-refractivity contribution is 9.10. The van der Waals surface area contributed by atoms with Crippen LogP contribution in [-0.4, -0.2) is 9.78 Å². The molecule has 18 heavy (non-hydrogen) atoms. The smallest absolute Gasteiger partial charge is 0.0522 e. The fourth-order valence-corrected chi connectivity index (χ4v) is 2.20. The first-order valence-electron chi connectivity index (χ1n) is 6.13. The summed E-state index contributed by atoms with van der Waals surface area (Å²) in [5, 5.41) is 4.27. The number of benzene rings is 1. The standard InChI is InChI=1S/C14H18BrN3/c1-3-18-9-11(8-17-18)7-14(16)12-4-5-13(15)10(2)6-12/h4-6,8-9,14H,3,7,16H2,1-2H3. The second-order valence-electron chi connectivity index (χ2n) is 4.52. The van der Waals surface area contributed by atoms with Gasteiger partial charge in [-0.25, -0.2) is 0 Å². The monoisotopic (exact) mass is 307 g/mol.